The predicted octanol–water partition coefficient (Wildman–Crippen LogP) is 0.509. The number of nitrogens with zero attached hydrogens (tertiary/aromatic N) is 1. The van der Waals surface area contributed by atoms with Gasteiger partial charge in [-0.1, -0.05) is 6.92 Å². The Morgan fingerprint density at radius 3 is 2.86 bits per heavy atom. The summed E-state index contributed by atoms with van der Waals surface area (Å²) in [5.41, 5.74) is 0.166. The number of ether oxygens (including phenoxy) is 1. The van der Waals surface area contributed by atoms with E-state index < -0.39 is 11.5 Å². The van der Waals surface area contributed by atoms with E-state index >= 15 is 0 Å². The van der Waals surface area contributed by atoms with E-state index in [1.165, 1.54) is 6.20 Å². The Hall–Kier alpha value is -1.65. The molecule has 0 fully saturated rings. The number of hydrogen-bond donors (Lipinski definition) is 1. The molecule has 5 heteroatoms. The number of esters is 1. The molecule has 0 atom stereocenters. The predicted molar refractivity (Wildman–Crippen MR) is 50.2 cm³/mol. The third-order valence-corrected chi connectivity index (χ3v) is 1.80. The Labute approximate surface area is 81.1 Å². The van der Waals surface area contributed by atoms with Gasteiger partial charge in [0.2, 0.25) is 0 Å². The van der Waals surface area contributed by atoms with Crippen molar-refractivity contribution in [3.8, 4) is 0 Å². The lowest BCUT2D eigenvalue weighted by atomic mass is 10.1. The van der Waals surface area contributed by atoms with Gasteiger partial charge in [-0.25, -0.2) is 9.89 Å². The fourth-order valence-electron chi connectivity index (χ4n) is 1.13. The van der Waals surface area contributed by atoms with Crippen LogP contribution >= 0.6 is 0 Å². The van der Waals surface area contributed by atoms with Gasteiger partial charge in [0.1, 0.15) is 5.56 Å². The molecule has 0 aliphatic rings. The maximum absolute atomic E-state index is 11.4. The topological polar surface area (TPSA) is 72.0 Å². The fourth-order valence-corrected chi connectivity index (χ4v) is 1.13. The molecule has 0 unspecified atom stereocenters. The average molecular weight is 196 g/mol. The minimum atomic E-state index is -0.590. The number of nitrogens with one attached hydrogen (secondary N) is 1. The molecule has 14 heavy (non-hydrogen) atoms. The molecule has 0 bridgehead atoms. The maximum Gasteiger partial charge on any atom is 0.344 e. The van der Waals surface area contributed by atoms with Gasteiger partial charge in [-0.05, 0) is 18.9 Å². The maximum atomic E-state index is 11.4. The molecule has 76 valence electrons. The van der Waals surface area contributed by atoms with Gasteiger partial charge in [-0.15, -0.1) is 0 Å². The molecule has 0 aliphatic heterocycles. The van der Waals surface area contributed by atoms with Gasteiger partial charge >= 0.3 is 5.97 Å². The molecule has 0 aliphatic carbocycles. The number of aromatic nitrogens is 2. The second-order valence-corrected chi connectivity index (χ2v) is 2.67. The summed E-state index contributed by atoms with van der Waals surface area (Å²) in [7, 11) is 0. The summed E-state index contributed by atoms with van der Waals surface area (Å²) in [6.45, 7) is 3.79. The van der Waals surface area contributed by atoms with Crippen LogP contribution in [0.25, 0.3) is 0 Å². The van der Waals surface area contributed by atoms with Gasteiger partial charge in [0.25, 0.3) is 5.56 Å². The monoisotopic (exact) mass is 196 g/mol. The summed E-state index contributed by atoms with van der Waals surface area (Å²) in [6.07, 6.45) is 2.04. The summed E-state index contributed by atoms with van der Waals surface area (Å²) in [5.74, 6) is -0.590. The van der Waals surface area contributed by atoms with E-state index in [0.29, 0.717) is 12.0 Å². The number of carbonyl (C=O) groups is 1. The number of hydrogen-bond acceptors (Lipinski definition) is 4. The van der Waals surface area contributed by atoms with E-state index in [0.717, 1.165) is 0 Å². The number of aromatic amines is 1. The molecule has 1 aromatic heterocycles. The van der Waals surface area contributed by atoms with Gasteiger partial charge < -0.3 is 4.74 Å². The van der Waals surface area contributed by atoms with Gasteiger partial charge in [0.15, 0.2) is 0 Å². The molecule has 0 saturated carbocycles. The van der Waals surface area contributed by atoms with Crippen molar-refractivity contribution in [3.63, 3.8) is 0 Å². The normalized spacial score (nSPS) is 9.86. The van der Waals surface area contributed by atoms with Crippen LogP contribution in [0.15, 0.2) is 11.0 Å². The molecule has 0 radical (unpaired) electrons. The van der Waals surface area contributed by atoms with Gasteiger partial charge in [0, 0.05) is 0 Å². The van der Waals surface area contributed by atoms with E-state index in [1.54, 1.807) is 6.92 Å². The van der Waals surface area contributed by atoms with E-state index in [2.05, 4.69) is 10.2 Å². The lowest BCUT2D eigenvalue weighted by Gasteiger charge is -2.04. The first-order valence-corrected chi connectivity index (χ1v) is 4.44. The summed E-state index contributed by atoms with van der Waals surface area (Å²) < 4.78 is 4.76. The van der Waals surface area contributed by atoms with Crippen LogP contribution in [0.2, 0.25) is 0 Å². The van der Waals surface area contributed by atoms with E-state index in [-0.39, 0.29) is 12.2 Å². The van der Waals surface area contributed by atoms with Gasteiger partial charge in [0.05, 0.1) is 12.8 Å². The van der Waals surface area contributed by atoms with Crippen LogP contribution in [-0.2, 0) is 11.2 Å². The molecular weight excluding hydrogens is 184 g/mol. The number of aryl methyl sites for hydroxylation is 1. The van der Waals surface area contributed by atoms with Crippen molar-refractivity contribution in [1.29, 1.82) is 0 Å². The Bertz CT molecular complexity index is 384. The van der Waals surface area contributed by atoms with E-state index in [9.17, 15) is 9.59 Å². The fraction of sp³-hybridized carbons (Fsp3) is 0.444. The molecule has 1 rings (SSSR count). The highest BCUT2D eigenvalue weighted by molar-refractivity contribution is 5.90. The second kappa shape index (κ2) is 4.55. The van der Waals surface area contributed by atoms with Crippen molar-refractivity contribution in [3.05, 3.63) is 27.7 Å². The third-order valence-electron chi connectivity index (χ3n) is 1.80. The van der Waals surface area contributed by atoms with Crippen LogP contribution < -0.4 is 5.56 Å². The SMILES string of the molecule is CCOC(=O)c1c(CC)cn[nH]c1=O. The number of rotatable bonds is 3. The summed E-state index contributed by atoms with van der Waals surface area (Å²) in [6, 6.07) is 0. The molecule has 1 heterocycles. The first-order chi connectivity index (χ1) is 6.70. The molecule has 1 N–H and O–H groups in total. The highest BCUT2D eigenvalue weighted by Crippen LogP contribution is 2.03. The zero-order chi connectivity index (χ0) is 10.6. The van der Waals surface area contributed by atoms with E-state index in [4.69, 9.17) is 4.74 Å². The summed E-state index contributed by atoms with van der Waals surface area (Å²) in [5, 5.41) is 5.82. The second-order valence-electron chi connectivity index (χ2n) is 2.67. The minimum absolute atomic E-state index is 0.0596. The van der Waals surface area contributed by atoms with Crippen molar-refractivity contribution in [1.82, 2.24) is 10.2 Å². The molecule has 0 aromatic carbocycles. The smallest absolute Gasteiger partial charge is 0.344 e. The standard InChI is InChI=1S/C9H12N2O3/c1-3-6-5-10-11-8(12)7(6)9(13)14-4-2/h5H,3-4H2,1-2H3,(H,11,12). The Balaban J connectivity index is 3.17. The van der Waals surface area contributed by atoms with Crippen molar-refractivity contribution in [2.75, 3.05) is 6.61 Å². The van der Waals surface area contributed by atoms with Crippen LogP contribution in [0.4, 0.5) is 0 Å². The minimum Gasteiger partial charge on any atom is -0.462 e. The Morgan fingerprint density at radius 1 is 1.57 bits per heavy atom. The van der Waals surface area contributed by atoms with Crippen molar-refractivity contribution in [2.45, 2.75) is 20.3 Å². The van der Waals surface area contributed by atoms with Crippen LogP contribution in [0.5, 0.6) is 0 Å². The van der Waals surface area contributed by atoms with Crippen LogP contribution in [0.1, 0.15) is 29.8 Å². The lowest BCUT2D eigenvalue weighted by molar-refractivity contribution is 0.0522. The number of H-pyrrole nitrogens is 1. The molecule has 0 amide bonds. The average Bonchev–Trinajstić information content (AvgIpc) is 2.17. The van der Waals surface area contributed by atoms with Crippen LogP contribution in [-0.4, -0.2) is 22.8 Å². The zero-order valence-corrected chi connectivity index (χ0v) is 8.16. The Morgan fingerprint density at radius 2 is 2.29 bits per heavy atom. The first kappa shape index (κ1) is 10.4. The third kappa shape index (κ3) is 1.99. The molecule has 0 spiro atoms. The summed E-state index contributed by atoms with van der Waals surface area (Å²) in [4.78, 5) is 22.7. The van der Waals surface area contributed by atoms with Crippen molar-refractivity contribution < 1.29 is 9.53 Å². The van der Waals surface area contributed by atoms with Crippen molar-refractivity contribution >= 4 is 5.97 Å². The quantitative estimate of drug-likeness (QED) is 0.715. The van der Waals surface area contributed by atoms with E-state index in [1.807, 2.05) is 6.92 Å². The number of carbonyl (C=O) groups excluding carboxylic acids is 1. The van der Waals surface area contributed by atoms with Gasteiger partial charge in [-0.2, -0.15) is 5.10 Å². The van der Waals surface area contributed by atoms with Crippen molar-refractivity contribution in [2.24, 2.45) is 0 Å². The molecular formula is C9H12N2O3. The van der Waals surface area contributed by atoms with Crippen LogP contribution in [0.3, 0.4) is 0 Å². The van der Waals surface area contributed by atoms with Crippen LogP contribution in [0, 0.1) is 0 Å². The highest BCUT2D eigenvalue weighted by atomic mass is 16.5. The molecule has 5 nitrogen and oxygen atoms in total. The first-order valence-electron chi connectivity index (χ1n) is 4.44. The molecule has 1 aromatic rings. The summed E-state index contributed by atoms with van der Waals surface area (Å²) >= 11 is 0. The zero-order valence-electron chi connectivity index (χ0n) is 8.16. The molecule has 0 saturated heterocycles. The Kier molecular flexibility index (Phi) is 3.39. The lowest BCUT2D eigenvalue weighted by Crippen LogP contribution is -2.23. The van der Waals surface area contributed by atoms with Gasteiger partial charge in [-0.3, -0.25) is 4.79 Å². The highest BCUT2D eigenvalue weighted by Gasteiger charge is 2.15. The largest absolute Gasteiger partial charge is 0.462 e.